The molecule has 12 heavy (non-hydrogen) atoms. The van der Waals surface area contributed by atoms with Gasteiger partial charge in [0.25, 0.3) is 5.69 Å². The van der Waals surface area contributed by atoms with Crippen LogP contribution in [0.25, 0.3) is 0 Å². The second-order valence-corrected chi connectivity index (χ2v) is 2.74. The Bertz CT molecular complexity index is 334. The number of nitrogen functional groups attached to an aromatic ring is 1. The molecule has 4 nitrogen and oxygen atoms in total. The number of benzene rings is 1. The standard InChI is InChI=1S/C8H10N2O2/c1-5-3-7(9)4-8(6(5)2)10(11)12/h3-4H,9H2,1-2H3. The van der Waals surface area contributed by atoms with E-state index in [1.54, 1.807) is 19.9 Å². The van der Waals surface area contributed by atoms with Gasteiger partial charge in [-0.2, -0.15) is 0 Å². The highest BCUT2D eigenvalue weighted by Gasteiger charge is 2.12. The minimum absolute atomic E-state index is 0.0903. The Morgan fingerprint density at radius 2 is 2.00 bits per heavy atom. The van der Waals surface area contributed by atoms with Crippen molar-refractivity contribution in [2.75, 3.05) is 5.73 Å². The van der Waals surface area contributed by atoms with Crippen LogP contribution in [0, 0.1) is 24.0 Å². The highest BCUT2D eigenvalue weighted by atomic mass is 16.6. The van der Waals surface area contributed by atoms with Gasteiger partial charge in [-0.25, -0.2) is 0 Å². The summed E-state index contributed by atoms with van der Waals surface area (Å²) in [5, 5.41) is 10.5. The molecular weight excluding hydrogens is 156 g/mol. The summed E-state index contributed by atoms with van der Waals surface area (Å²) in [5.41, 5.74) is 7.51. The van der Waals surface area contributed by atoms with Gasteiger partial charge in [0.2, 0.25) is 0 Å². The summed E-state index contributed by atoms with van der Waals surface area (Å²) in [7, 11) is 0. The van der Waals surface area contributed by atoms with Crippen molar-refractivity contribution in [1.29, 1.82) is 0 Å². The molecule has 1 aromatic carbocycles. The molecule has 0 radical (unpaired) electrons. The van der Waals surface area contributed by atoms with Crippen LogP contribution in [0.15, 0.2) is 12.1 Å². The number of nitro benzene ring substituents is 1. The molecule has 0 heterocycles. The van der Waals surface area contributed by atoms with E-state index in [2.05, 4.69) is 0 Å². The fourth-order valence-corrected chi connectivity index (χ4v) is 1.06. The third-order valence-corrected chi connectivity index (χ3v) is 1.86. The van der Waals surface area contributed by atoms with Gasteiger partial charge in [-0.15, -0.1) is 0 Å². The quantitative estimate of drug-likeness (QED) is 0.393. The number of anilines is 1. The zero-order valence-corrected chi connectivity index (χ0v) is 7.00. The van der Waals surface area contributed by atoms with Crippen LogP contribution in [0.4, 0.5) is 11.4 Å². The van der Waals surface area contributed by atoms with Crippen molar-refractivity contribution in [1.82, 2.24) is 0 Å². The van der Waals surface area contributed by atoms with E-state index in [0.717, 1.165) is 5.56 Å². The van der Waals surface area contributed by atoms with Gasteiger partial charge < -0.3 is 5.73 Å². The summed E-state index contributed by atoms with van der Waals surface area (Å²) >= 11 is 0. The molecule has 1 rings (SSSR count). The monoisotopic (exact) mass is 166 g/mol. The molecule has 0 amide bonds. The van der Waals surface area contributed by atoms with Crippen LogP contribution in [-0.4, -0.2) is 4.92 Å². The van der Waals surface area contributed by atoms with Gasteiger partial charge in [0.05, 0.1) is 4.92 Å². The van der Waals surface area contributed by atoms with Crippen LogP contribution in [0.2, 0.25) is 0 Å². The molecule has 0 bridgehead atoms. The van der Waals surface area contributed by atoms with Gasteiger partial charge in [-0.3, -0.25) is 10.1 Å². The molecule has 0 saturated carbocycles. The first-order valence-corrected chi connectivity index (χ1v) is 3.53. The number of hydrogen-bond acceptors (Lipinski definition) is 3. The average Bonchev–Trinajstić information content (AvgIpc) is 1.96. The van der Waals surface area contributed by atoms with E-state index < -0.39 is 4.92 Å². The summed E-state index contributed by atoms with van der Waals surface area (Å²) in [6.45, 7) is 3.52. The van der Waals surface area contributed by atoms with Crippen molar-refractivity contribution in [3.63, 3.8) is 0 Å². The first-order chi connectivity index (χ1) is 5.52. The SMILES string of the molecule is Cc1cc(N)cc([N+](=O)[O-])c1C. The topological polar surface area (TPSA) is 69.2 Å². The molecule has 0 aliphatic heterocycles. The molecule has 4 heteroatoms. The second kappa shape index (κ2) is 2.81. The molecule has 0 atom stereocenters. The molecule has 0 aromatic heterocycles. The smallest absolute Gasteiger partial charge is 0.274 e. The molecule has 0 fully saturated rings. The number of nitrogens with two attached hydrogens (primary N) is 1. The molecular formula is C8H10N2O2. The lowest BCUT2D eigenvalue weighted by Crippen LogP contribution is -1.96. The fourth-order valence-electron chi connectivity index (χ4n) is 1.06. The van der Waals surface area contributed by atoms with Gasteiger partial charge in [0.15, 0.2) is 0 Å². The van der Waals surface area contributed by atoms with Crippen molar-refractivity contribution in [2.24, 2.45) is 0 Å². The minimum atomic E-state index is -0.418. The lowest BCUT2D eigenvalue weighted by atomic mass is 10.1. The van der Waals surface area contributed by atoms with Crippen LogP contribution < -0.4 is 5.73 Å². The normalized spacial score (nSPS) is 9.83. The third-order valence-electron chi connectivity index (χ3n) is 1.86. The molecule has 2 N–H and O–H groups in total. The van der Waals surface area contributed by atoms with Gasteiger partial charge in [-0.05, 0) is 25.5 Å². The summed E-state index contributed by atoms with van der Waals surface area (Å²) in [6.07, 6.45) is 0. The van der Waals surface area contributed by atoms with E-state index in [1.165, 1.54) is 6.07 Å². The van der Waals surface area contributed by atoms with Crippen molar-refractivity contribution >= 4 is 11.4 Å². The zero-order valence-electron chi connectivity index (χ0n) is 7.00. The second-order valence-electron chi connectivity index (χ2n) is 2.74. The van der Waals surface area contributed by atoms with E-state index in [4.69, 9.17) is 5.73 Å². The number of rotatable bonds is 1. The van der Waals surface area contributed by atoms with Crippen molar-refractivity contribution in [3.05, 3.63) is 33.4 Å². The van der Waals surface area contributed by atoms with Gasteiger partial charge >= 0.3 is 0 Å². The van der Waals surface area contributed by atoms with Gasteiger partial charge in [-0.1, -0.05) is 0 Å². The van der Waals surface area contributed by atoms with E-state index in [-0.39, 0.29) is 5.69 Å². The van der Waals surface area contributed by atoms with Crippen molar-refractivity contribution in [3.8, 4) is 0 Å². The van der Waals surface area contributed by atoms with Crippen LogP contribution in [0.3, 0.4) is 0 Å². The largest absolute Gasteiger partial charge is 0.399 e. The first-order valence-electron chi connectivity index (χ1n) is 3.53. The van der Waals surface area contributed by atoms with E-state index in [9.17, 15) is 10.1 Å². The average molecular weight is 166 g/mol. The Hall–Kier alpha value is -1.58. The lowest BCUT2D eigenvalue weighted by Gasteiger charge is -2.02. The van der Waals surface area contributed by atoms with Crippen molar-refractivity contribution < 1.29 is 4.92 Å². The van der Waals surface area contributed by atoms with Gasteiger partial charge in [0, 0.05) is 17.3 Å². The Balaban J connectivity index is 3.37. The summed E-state index contributed by atoms with van der Waals surface area (Å²) < 4.78 is 0. The molecule has 0 aliphatic rings. The van der Waals surface area contributed by atoms with Crippen LogP contribution >= 0.6 is 0 Å². The van der Waals surface area contributed by atoms with E-state index in [1.807, 2.05) is 0 Å². The summed E-state index contributed by atoms with van der Waals surface area (Å²) in [4.78, 5) is 10.1. The Morgan fingerprint density at radius 3 is 2.50 bits per heavy atom. The number of nitrogens with zero attached hydrogens (tertiary/aromatic N) is 1. The minimum Gasteiger partial charge on any atom is -0.399 e. The Labute approximate surface area is 70.2 Å². The predicted molar refractivity (Wildman–Crippen MR) is 47.0 cm³/mol. The first kappa shape index (κ1) is 8.52. The number of aryl methyl sites for hydroxylation is 1. The highest BCUT2D eigenvalue weighted by molar-refractivity contribution is 5.55. The fraction of sp³-hybridized carbons (Fsp3) is 0.250. The maximum atomic E-state index is 10.5. The maximum absolute atomic E-state index is 10.5. The molecule has 64 valence electrons. The molecule has 1 aromatic rings. The summed E-state index contributed by atoms with van der Waals surface area (Å²) in [6, 6.07) is 3.10. The molecule has 0 spiro atoms. The zero-order chi connectivity index (χ0) is 9.30. The van der Waals surface area contributed by atoms with E-state index in [0.29, 0.717) is 11.3 Å². The molecule has 0 aliphatic carbocycles. The van der Waals surface area contributed by atoms with Gasteiger partial charge in [0.1, 0.15) is 0 Å². The van der Waals surface area contributed by atoms with E-state index >= 15 is 0 Å². The van der Waals surface area contributed by atoms with Crippen LogP contribution in [0.5, 0.6) is 0 Å². The lowest BCUT2D eigenvalue weighted by molar-refractivity contribution is -0.385. The highest BCUT2D eigenvalue weighted by Crippen LogP contribution is 2.23. The molecule has 0 saturated heterocycles. The Morgan fingerprint density at radius 1 is 1.42 bits per heavy atom. The Kier molecular flexibility index (Phi) is 1.99. The van der Waals surface area contributed by atoms with Crippen molar-refractivity contribution in [2.45, 2.75) is 13.8 Å². The number of nitro groups is 1. The predicted octanol–water partition coefficient (Wildman–Crippen LogP) is 1.79. The van der Waals surface area contributed by atoms with Crippen LogP contribution in [-0.2, 0) is 0 Å². The number of hydrogen-bond donors (Lipinski definition) is 1. The third kappa shape index (κ3) is 1.37. The van der Waals surface area contributed by atoms with Crippen LogP contribution in [0.1, 0.15) is 11.1 Å². The molecule has 0 unspecified atom stereocenters. The summed E-state index contributed by atoms with van der Waals surface area (Å²) in [5.74, 6) is 0. The maximum Gasteiger partial charge on any atom is 0.274 e.